The van der Waals surface area contributed by atoms with Crippen molar-refractivity contribution in [2.24, 2.45) is 5.92 Å². The number of amides is 2. The summed E-state index contributed by atoms with van der Waals surface area (Å²) in [5.41, 5.74) is 7.13. The molecule has 2 aliphatic heterocycles. The number of anilines is 1. The molecule has 27 heavy (non-hydrogen) atoms. The number of nitrogens with one attached hydrogen (secondary N) is 2. The highest BCUT2D eigenvalue weighted by Gasteiger charge is 2.45. The first kappa shape index (κ1) is 18.7. The van der Waals surface area contributed by atoms with E-state index < -0.39 is 0 Å². The van der Waals surface area contributed by atoms with E-state index in [0.29, 0.717) is 23.8 Å². The smallest absolute Gasteiger partial charge is 0.246 e. The minimum absolute atomic E-state index is 0.0149. The Labute approximate surface area is 163 Å². The first-order chi connectivity index (χ1) is 13.1. The van der Waals surface area contributed by atoms with Gasteiger partial charge in [-0.05, 0) is 31.4 Å². The van der Waals surface area contributed by atoms with Crippen LogP contribution in [-0.2, 0) is 14.3 Å². The number of fused-ring (bicyclic) bond motifs is 1. The van der Waals surface area contributed by atoms with Crippen molar-refractivity contribution in [3.05, 3.63) is 29.3 Å². The molecule has 2 amide bonds. The fourth-order valence-electron chi connectivity index (χ4n) is 4.46. The summed E-state index contributed by atoms with van der Waals surface area (Å²) in [4.78, 5) is 29.1. The monoisotopic (exact) mass is 392 g/mol. The van der Waals surface area contributed by atoms with Crippen molar-refractivity contribution in [2.45, 2.75) is 37.5 Å². The number of rotatable bonds is 3. The molecule has 3 aliphatic rings. The van der Waals surface area contributed by atoms with E-state index >= 15 is 0 Å². The molecular formula is C19H25ClN4O3. The van der Waals surface area contributed by atoms with Crippen LogP contribution < -0.4 is 15.8 Å². The number of carbonyl (C=O) groups is 2. The third kappa shape index (κ3) is 3.57. The van der Waals surface area contributed by atoms with Crippen LogP contribution in [0.25, 0.3) is 0 Å². The maximum atomic E-state index is 13.1. The summed E-state index contributed by atoms with van der Waals surface area (Å²) in [5.74, 6) is 0.0652. The summed E-state index contributed by atoms with van der Waals surface area (Å²) in [6, 6.07) is 7.26. The van der Waals surface area contributed by atoms with E-state index in [2.05, 4.69) is 10.9 Å². The minimum Gasteiger partial charge on any atom is -0.381 e. The van der Waals surface area contributed by atoms with Crippen molar-refractivity contribution < 1.29 is 14.3 Å². The molecule has 4 unspecified atom stereocenters. The lowest BCUT2D eigenvalue weighted by Crippen LogP contribution is -2.57. The lowest BCUT2D eigenvalue weighted by atomic mass is 9.80. The highest BCUT2D eigenvalue weighted by molar-refractivity contribution is 6.33. The van der Waals surface area contributed by atoms with Crippen LogP contribution in [0.15, 0.2) is 24.3 Å². The molecule has 1 saturated carbocycles. The molecule has 8 heteroatoms. The van der Waals surface area contributed by atoms with Gasteiger partial charge in [0.05, 0.1) is 16.8 Å². The van der Waals surface area contributed by atoms with Crippen LogP contribution in [0.4, 0.5) is 5.69 Å². The molecule has 2 heterocycles. The van der Waals surface area contributed by atoms with Gasteiger partial charge in [0, 0.05) is 32.2 Å². The highest BCUT2D eigenvalue weighted by Crippen LogP contribution is 2.33. The number of hydrogen-bond acceptors (Lipinski definition) is 5. The third-order valence-electron chi connectivity index (χ3n) is 5.98. The summed E-state index contributed by atoms with van der Waals surface area (Å²) in [6.45, 7) is 1.02. The van der Waals surface area contributed by atoms with Gasteiger partial charge in [-0.25, -0.2) is 5.43 Å². The number of para-hydroxylation sites is 1. The first-order valence-electron chi connectivity index (χ1n) is 9.46. The lowest BCUT2D eigenvalue weighted by Gasteiger charge is -2.37. The Kier molecular flexibility index (Phi) is 5.36. The second kappa shape index (κ2) is 7.75. The van der Waals surface area contributed by atoms with Gasteiger partial charge in [0.1, 0.15) is 12.6 Å². The summed E-state index contributed by atoms with van der Waals surface area (Å²) in [6.07, 6.45) is 3.04. The average molecular weight is 393 g/mol. The molecule has 4 rings (SSSR count). The number of hydrogen-bond donors (Lipinski definition) is 2. The molecule has 1 aromatic carbocycles. The molecule has 3 fully saturated rings. The maximum absolute atomic E-state index is 13.1. The topological polar surface area (TPSA) is 73.9 Å². The van der Waals surface area contributed by atoms with Gasteiger partial charge in [-0.3, -0.25) is 15.0 Å². The van der Waals surface area contributed by atoms with Crippen molar-refractivity contribution in [1.29, 1.82) is 0 Å². The number of hydrazine groups is 1. The molecule has 2 N–H and O–H groups in total. The second-order valence-corrected chi connectivity index (χ2v) is 7.87. The van der Waals surface area contributed by atoms with E-state index in [1.54, 1.807) is 23.0 Å². The molecule has 146 valence electrons. The van der Waals surface area contributed by atoms with Crippen molar-refractivity contribution >= 4 is 29.1 Å². The van der Waals surface area contributed by atoms with Gasteiger partial charge in [-0.15, -0.1) is 0 Å². The van der Waals surface area contributed by atoms with E-state index in [1.165, 1.54) is 0 Å². The van der Waals surface area contributed by atoms with Crippen LogP contribution >= 0.6 is 11.6 Å². The summed E-state index contributed by atoms with van der Waals surface area (Å²) < 4.78 is 5.51. The predicted molar refractivity (Wildman–Crippen MR) is 102 cm³/mol. The van der Waals surface area contributed by atoms with Crippen LogP contribution in [0.5, 0.6) is 0 Å². The van der Waals surface area contributed by atoms with Gasteiger partial charge in [-0.2, -0.15) is 0 Å². The molecule has 1 aromatic rings. The molecule has 0 spiro atoms. The second-order valence-electron chi connectivity index (χ2n) is 7.46. The van der Waals surface area contributed by atoms with Crippen LogP contribution in [0.1, 0.15) is 19.3 Å². The highest BCUT2D eigenvalue weighted by atomic mass is 35.5. The third-order valence-corrected chi connectivity index (χ3v) is 6.30. The number of carbonyl (C=O) groups excluding carboxylic acids is 2. The molecular weight excluding hydrogens is 368 g/mol. The summed E-state index contributed by atoms with van der Waals surface area (Å²) >= 11 is 6.22. The van der Waals surface area contributed by atoms with Crippen LogP contribution in [0.3, 0.4) is 0 Å². The summed E-state index contributed by atoms with van der Waals surface area (Å²) in [7, 11) is 1.73. The number of piperazine rings is 1. The molecule has 7 nitrogen and oxygen atoms in total. The van der Waals surface area contributed by atoms with E-state index in [0.717, 1.165) is 19.3 Å². The molecule has 2 saturated heterocycles. The fraction of sp³-hybridized carbons (Fsp3) is 0.579. The van der Waals surface area contributed by atoms with Crippen molar-refractivity contribution in [3.8, 4) is 0 Å². The molecule has 1 aliphatic carbocycles. The van der Waals surface area contributed by atoms with Crippen molar-refractivity contribution in [3.63, 3.8) is 0 Å². The van der Waals surface area contributed by atoms with Gasteiger partial charge >= 0.3 is 0 Å². The average Bonchev–Trinajstić information content (AvgIpc) is 3.11. The normalized spacial score (nSPS) is 31.1. The number of benzene rings is 1. The van der Waals surface area contributed by atoms with Gasteiger partial charge in [0.25, 0.3) is 0 Å². The van der Waals surface area contributed by atoms with E-state index in [9.17, 15) is 9.59 Å². The number of methoxy groups -OCH3 is 1. The molecule has 4 atom stereocenters. The fourth-order valence-corrected chi connectivity index (χ4v) is 4.70. The Morgan fingerprint density at radius 2 is 2.04 bits per heavy atom. The Morgan fingerprint density at radius 1 is 1.22 bits per heavy atom. The zero-order valence-corrected chi connectivity index (χ0v) is 16.1. The van der Waals surface area contributed by atoms with Gasteiger partial charge in [-0.1, -0.05) is 23.7 Å². The minimum atomic E-state index is -0.312. The van der Waals surface area contributed by atoms with Crippen molar-refractivity contribution in [2.75, 3.05) is 31.6 Å². The number of halogens is 1. The largest absolute Gasteiger partial charge is 0.381 e. The van der Waals surface area contributed by atoms with E-state index in [-0.39, 0.29) is 42.5 Å². The van der Waals surface area contributed by atoms with Gasteiger partial charge in [0.2, 0.25) is 11.8 Å². The maximum Gasteiger partial charge on any atom is 0.246 e. The van der Waals surface area contributed by atoms with E-state index in [4.69, 9.17) is 16.3 Å². The summed E-state index contributed by atoms with van der Waals surface area (Å²) in [5, 5.41) is 0.544. The first-order valence-corrected chi connectivity index (χ1v) is 9.84. The van der Waals surface area contributed by atoms with Crippen LogP contribution in [0, 0.1) is 5.92 Å². The Bertz CT molecular complexity index is 731. The van der Waals surface area contributed by atoms with Gasteiger partial charge < -0.3 is 14.5 Å². The van der Waals surface area contributed by atoms with Crippen LogP contribution in [-0.4, -0.2) is 61.6 Å². The quantitative estimate of drug-likeness (QED) is 0.808. The lowest BCUT2D eigenvalue weighted by molar-refractivity contribution is -0.139. The van der Waals surface area contributed by atoms with E-state index in [1.807, 2.05) is 18.2 Å². The zero-order chi connectivity index (χ0) is 19.0. The molecule has 0 radical (unpaired) electrons. The van der Waals surface area contributed by atoms with Crippen LogP contribution in [0.2, 0.25) is 5.02 Å². The number of nitrogens with zero attached hydrogens (tertiary/aromatic N) is 2. The standard InChI is InChI=1S/C19H25ClN4O3/c1-27-12-6-7-15-13(10-12)18(22-21-15)19(26)23-8-9-24(17(25)11-23)16-5-3-2-4-14(16)20/h2-5,12-13,15,18,21-22H,6-11H2,1H3. The molecule has 0 aromatic heterocycles. The SMILES string of the molecule is COC1CCC2NNC(C(=O)N3CCN(c4ccccc4Cl)C(=O)C3)C2C1. The van der Waals surface area contributed by atoms with Crippen molar-refractivity contribution in [1.82, 2.24) is 15.8 Å². The Hall–Kier alpha value is -1.67. The zero-order valence-electron chi connectivity index (χ0n) is 15.4. The Morgan fingerprint density at radius 3 is 2.78 bits per heavy atom. The predicted octanol–water partition coefficient (Wildman–Crippen LogP) is 1.18. The Balaban J connectivity index is 1.42. The number of ether oxygens (including phenoxy) is 1. The van der Waals surface area contributed by atoms with Gasteiger partial charge in [0.15, 0.2) is 0 Å². The molecule has 0 bridgehead atoms.